The lowest BCUT2D eigenvalue weighted by molar-refractivity contribution is 0.143. The van der Waals surface area contributed by atoms with Gasteiger partial charge in [0.15, 0.2) is 6.15 Å². The predicted molar refractivity (Wildman–Crippen MR) is 113 cm³/mol. The standard InChI is InChI=1S/C24H20BF8/c26-17-5-1-9-21(30,13-17)25(22(31)10-2-6-18(27)14-22,23(32)11-3-7-19(28)15-23)24(33)12-4-8-20(29)16-24/h1-12H,13-16H2/q-1. The largest absolute Gasteiger partial charge is 0.281 e. The first-order valence-electron chi connectivity index (χ1n) is 10.5. The molecule has 0 amide bonds. The van der Waals surface area contributed by atoms with Crippen LogP contribution in [-0.2, 0) is 0 Å². The van der Waals surface area contributed by atoms with Crippen molar-refractivity contribution in [1.82, 2.24) is 0 Å². The summed E-state index contributed by atoms with van der Waals surface area (Å²) in [5.41, 5.74) is -13.8. The zero-order chi connectivity index (χ0) is 24.1. The number of alkyl halides is 4. The molecule has 4 atom stereocenters. The number of allylic oxidation sites excluding steroid dienone is 16. The van der Waals surface area contributed by atoms with Crippen LogP contribution < -0.4 is 0 Å². The van der Waals surface area contributed by atoms with Gasteiger partial charge in [-0.25, -0.2) is 17.6 Å². The van der Waals surface area contributed by atoms with Crippen LogP contribution in [-0.4, -0.2) is 28.4 Å². The van der Waals surface area contributed by atoms with Gasteiger partial charge in [0.05, 0.1) is 23.3 Å². The third-order valence-corrected chi connectivity index (χ3v) is 7.24. The Morgan fingerprint density at radius 1 is 0.455 bits per heavy atom. The van der Waals surface area contributed by atoms with Crippen LogP contribution in [0.4, 0.5) is 35.1 Å². The van der Waals surface area contributed by atoms with Crippen LogP contribution >= 0.6 is 0 Å². The second-order valence-corrected chi connectivity index (χ2v) is 9.17. The van der Waals surface area contributed by atoms with Gasteiger partial charge in [0.1, 0.15) is 0 Å². The van der Waals surface area contributed by atoms with E-state index in [0.717, 1.165) is 48.6 Å². The molecule has 0 aromatic heterocycles. The highest BCUT2D eigenvalue weighted by atomic mass is 19.2. The maximum atomic E-state index is 17.0. The normalized spacial score (nSPS) is 40.0. The Morgan fingerprint density at radius 2 is 0.667 bits per heavy atom. The first-order chi connectivity index (χ1) is 15.4. The SMILES string of the molecule is FC1=CC=CC(F)([B-](C2(F)C=CC=C(F)C2)(C2(F)C=CC=C(F)C2)C2(F)C=CC=C(F)C2)C1. The topological polar surface area (TPSA) is 0 Å². The molecule has 0 aromatic rings. The van der Waals surface area contributed by atoms with Crippen molar-refractivity contribution in [1.29, 1.82) is 0 Å². The second kappa shape index (κ2) is 7.74. The van der Waals surface area contributed by atoms with Crippen LogP contribution in [0.5, 0.6) is 0 Å². The van der Waals surface area contributed by atoms with E-state index < -0.39 is 77.4 Å². The Morgan fingerprint density at radius 3 is 0.848 bits per heavy atom. The van der Waals surface area contributed by atoms with Crippen LogP contribution in [0.25, 0.3) is 0 Å². The molecule has 0 aromatic carbocycles. The van der Waals surface area contributed by atoms with Crippen molar-refractivity contribution < 1.29 is 35.1 Å². The van der Waals surface area contributed by atoms with Crippen molar-refractivity contribution in [2.45, 2.75) is 48.0 Å². The van der Waals surface area contributed by atoms with E-state index in [0.29, 0.717) is 24.3 Å². The van der Waals surface area contributed by atoms with E-state index in [1.165, 1.54) is 0 Å². The Kier molecular flexibility index (Phi) is 5.53. The highest BCUT2D eigenvalue weighted by molar-refractivity contribution is 6.92. The molecule has 0 N–H and O–H groups in total. The van der Waals surface area contributed by atoms with E-state index in [1.54, 1.807) is 0 Å². The van der Waals surface area contributed by atoms with Crippen LogP contribution in [0, 0.1) is 0 Å². The van der Waals surface area contributed by atoms with Crippen molar-refractivity contribution in [2.24, 2.45) is 0 Å². The monoisotopic (exact) mass is 471 g/mol. The van der Waals surface area contributed by atoms with Crippen molar-refractivity contribution in [3.63, 3.8) is 0 Å². The van der Waals surface area contributed by atoms with Gasteiger partial charge in [-0.1, -0.05) is 48.6 Å². The van der Waals surface area contributed by atoms with Crippen LogP contribution in [0.15, 0.2) is 96.2 Å². The number of hydrogen-bond donors (Lipinski definition) is 0. The second-order valence-electron chi connectivity index (χ2n) is 9.17. The van der Waals surface area contributed by atoms with E-state index in [4.69, 9.17) is 0 Å². The minimum atomic E-state index is -4.72. The molecule has 4 rings (SSSR count). The lowest BCUT2D eigenvalue weighted by Crippen LogP contribution is -2.86. The van der Waals surface area contributed by atoms with Crippen LogP contribution in [0.1, 0.15) is 25.7 Å². The van der Waals surface area contributed by atoms with E-state index in [1.807, 2.05) is 0 Å². The fourth-order valence-corrected chi connectivity index (χ4v) is 6.34. The number of halogens is 8. The Balaban J connectivity index is 2.12. The average Bonchev–Trinajstić information content (AvgIpc) is 2.66. The average molecular weight is 471 g/mol. The molecule has 0 aliphatic heterocycles. The summed E-state index contributed by atoms with van der Waals surface area (Å²) < 4.78 is 126. The predicted octanol–water partition coefficient (Wildman–Crippen LogP) is 7.68. The summed E-state index contributed by atoms with van der Waals surface area (Å²) in [7, 11) is 0. The summed E-state index contributed by atoms with van der Waals surface area (Å²) in [4.78, 5) is 0. The van der Waals surface area contributed by atoms with E-state index in [2.05, 4.69) is 0 Å². The summed E-state index contributed by atoms with van der Waals surface area (Å²) in [5.74, 6) is -4.59. The molecule has 0 bridgehead atoms. The first kappa shape index (κ1) is 23.6. The third-order valence-electron chi connectivity index (χ3n) is 7.24. The fraction of sp³-hybridized carbons (Fsp3) is 0.333. The molecule has 0 saturated heterocycles. The van der Waals surface area contributed by atoms with Gasteiger partial charge in [-0.2, -0.15) is 0 Å². The molecule has 9 heteroatoms. The minimum Gasteiger partial charge on any atom is -0.281 e. The van der Waals surface area contributed by atoms with Crippen LogP contribution in [0.2, 0.25) is 0 Å². The quantitative estimate of drug-likeness (QED) is 0.292. The zero-order valence-electron chi connectivity index (χ0n) is 17.4. The maximum Gasteiger partial charge on any atom is 0.183 e. The smallest absolute Gasteiger partial charge is 0.183 e. The van der Waals surface area contributed by atoms with E-state index in [-0.39, 0.29) is 0 Å². The van der Waals surface area contributed by atoms with Gasteiger partial charge in [-0.15, -0.1) is 0 Å². The van der Waals surface area contributed by atoms with Crippen molar-refractivity contribution in [3.8, 4) is 0 Å². The summed E-state index contributed by atoms with van der Waals surface area (Å²) >= 11 is 0. The molecule has 0 nitrogen and oxygen atoms in total. The molecule has 4 aliphatic rings. The highest BCUT2D eigenvalue weighted by Crippen LogP contribution is 2.62. The molecular formula is C24H20BF8-. The molecule has 33 heavy (non-hydrogen) atoms. The minimum absolute atomic E-state index is 0.609. The summed E-state index contributed by atoms with van der Waals surface area (Å²) in [6.07, 6.45) is -0.745. The highest BCUT2D eigenvalue weighted by Gasteiger charge is 2.76. The Bertz CT molecular complexity index is 922. The van der Waals surface area contributed by atoms with Gasteiger partial charge in [0.2, 0.25) is 0 Å². The van der Waals surface area contributed by atoms with Gasteiger partial charge < -0.3 is 0 Å². The molecule has 0 spiro atoms. The number of rotatable bonds is 4. The Labute approximate surface area is 186 Å². The third kappa shape index (κ3) is 3.34. The first-order valence-corrected chi connectivity index (χ1v) is 10.5. The lowest BCUT2D eigenvalue weighted by atomic mass is 8.99. The zero-order valence-corrected chi connectivity index (χ0v) is 17.4. The molecule has 176 valence electrons. The van der Waals surface area contributed by atoms with Crippen LogP contribution in [0.3, 0.4) is 0 Å². The van der Waals surface area contributed by atoms with Gasteiger partial charge in [-0.05, 0) is 24.3 Å². The van der Waals surface area contributed by atoms with Gasteiger partial charge in [0, 0.05) is 48.0 Å². The van der Waals surface area contributed by atoms with Crippen molar-refractivity contribution in [3.05, 3.63) is 96.2 Å². The summed E-state index contributed by atoms with van der Waals surface area (Å²) in [5, 5.41) is 0. The van der Waals surface area contributed by atoms with E-state index in [9.17, 15) is 17.6 Å². The van der Waals surface area contributed by atoms with Gasteiger partial charge >= 0.3 is 0 Å². The molecule has 4 unspecified atom stereocenters. The van der Waals surface area contributed by atoms with Gasteiger partial charge in [0.25, 0.3) is 0 Å². The Hall–Kier alpha value is -2.58. The van der Waals surface area contributed by atoms with Crippen molar-refractivity contribution >= 4 is 6.15 Å². The fourth-order valence-electron chi connectivity index (χ4n) is 6.34. The number of hydrogen-bond acceptors (Lipinski definition) is 0. The van der Waals surface area contributed by atoms with Gasteiger partial charge in [-0.3, -0.25) is 17.6 Å². The van der Waals surface area contributed by atoms with E-state index >= 15 is 17.6 Å². The molecule has 0 heterocycles. The molecule has 4 aliphatic carbocycles. The lowest BCUT2D eigenvalue weighted by Gasteiger charge is -2.68. The van der Waals surface area contributed by atoms with Crippen molar-refractivity contribution in [2.75, 3.05) is 0 Å². The summed E-state index contributed by atoms with van der Waals surface area (Å²) in [6, 6.07) is 0. The molecule has 0 saturated carbocycles. The molecular weight excluding hydrogens is 451 g/mol. The summed E-state index contributed by atoms with van der Waals surface area (Å²) in [6.45, 7) is 0. The maximum absolute atomic E-state index is 17.0. The molecule has 0 radical (unpaired) electrons. The molecule has 0 fully saturated rings.